The van der Waals surface area contributed by atoms with Crippen LogP contribution in [0.15, 0.2) is 23.7 Å². The van der Waals surface area contributed by atoms with E-state index in [0.717, 1.165) is 5.69 Å². The molecule has 4 heteroatoms. The summed E-state index contributed by atoms with van der Waals surface area (Å²) in [6, 6.07) is 3.52. The fraction of sp³-hybridized carbons (Fsp3) is 0. The van der Waals surface area contributed by atoms with Gasteiger partial charge in [-0.2, -0.15) is 5.10 Å². The Morgan fingerprint density at radius 2 is 2.40 bits per heavy atom. The number of nitrogens with zero attached hydrogens (tertiary/aromatic N) is 2. The summed E-state index contributed by atoms with van der Waals surface area (Å²) >= 11 is 0. The Balaban J connectivity index is 2.80. The molecule has 0 fully saturated rings. The van der Waals surface area contributed by atoms with Gasteiger partial charge in [0, 0.05) is 0 Å². The molecule has 0 aromatic carbocycles. The summed E-state index contributed by atoms with van der Waals surface area (Å²) in [4.78, 5) is 0.711. The zero-order valence-corrected chi connectivity index (χ0v) is 5.84. The Bertz CT molecular complexity index is 320. The number of rotatable bonds is 0. The zero-order valence-electron chi connectivity index (χ0n) is 5.02. The van der Waals surface area contributed by atoms with Crippen LogP contribution in [0.2, 0.25) is 0 Å². The van der Waals surface area contributed by atoms with Gasteiger partial charge in [0.05, 0.1) is 0 Å². The van der Waals surface area contributed by atoms with E-state index in [9.17, 15) is 4.55 Å². The molecule has 50 valence electrons. The lowest BCUT2D eigenvalue weighted by Crippen LogP contribution is -1.74. The molecule has 0 N–H and O–H groups in total. The molecule has 10 heavy (non-hydrogen) atoms. The minimum absolute atomic E-state index is 0.711. The molecule has 0 aliphatic carbocycles. The summed E-state index contributed by atoms with van der Waals surface area (Å²) in [7, 11) is -1.02. The first-order valence-corrected chi connectivity index (χ1v) is 4.00. The lowest BCUT2D eigenvalue weighted by atomic mass is 10.4. The molecule has 2 rings (SSSR count). The van der Waals surface area contributed by atoms with Gasteiger partial charge >= 0.3 is 0 Å². The average Bonchev–Trinajstić information content (AvgIpc) is 2.36. The first-order chi connectivity index (χ1) is 4.88. The minimum atomic E-state index is -1.02. The topological polar surface area (TPSA) is 48.8 Å². The van der Waals surface area contributed by atoms with Crippen LogP contribution >= 0.6 is 10.8 Å². The number of hydrogen-bond donors (Lipinski definition) is 0. The molecule has 0 radical (unpaired) electrons. The summed E-state index contributed by atoms with van der Waals surface area (Å²) in [5.74, 6) is 0. The van der Waals surface area contributed by atoms with E-state index in [1.807, 2.05) is 0 Å². The summed E-state index contributed by atoms with van der Waals surface area (Å²) in [6.45, 7) is 0. The van der Waals surface area contributed by atoms with Crippen molar-refractivity contribution in [3.63, 3.8) is 0 Å². The van der Waals surface area contributed by atoms with Crippen molar-refractivity contribution < 1.29 is 4.55 Å². The first-order valence-electron chi connectivity index (χ1n) is 2.78. The Hall–Kier alpha value is -1.00. The van der Waals surface area contributed by atoms with Gasteiger partial charge < -0.3 is 4.55 Å². The third-order valence-electron chi connectivity index (χ3n) is 1.27. The molecule has 3 nitrogen and oxygen atoms in total. The molecule has 2 aliphatic rings. The maximum absolute atomic E-state index is 11.1. The fourth-order valence-electron chi connectivity index (χ4n) is 0.804. The van der Waals surface area contributed by atoms with Crippen molar-refractivity contribution in [3.8, 4) is 10.6 Å². The predicted octanol–water partition coefficient (Wildman–Crippen LogP) is 1.31. The lowest BCUT2D eigenvalue weighted by molar-refractivity contribution is 0.598. The van der Waals surface area contributed by atoms with Gasteiger partial charge in [-0.1, -0.05) is 0 Å². The van der Waals surface area contributed by atoms with Crippen molar-refractivity contribution in [1.82, 2.24) is 10.2 Å². The van der Waals surface area contributed by atoms with Crippen LogP contribution in [0.25, 0.3) is 10.6 Å². The third-order valence-corrected chi connectivity index (χ3v) is 2.42. The SMILES string of the molecule is [O-][s+]1cccc2nncc1-2. The summed E-state index contributed by atoms with van der Waals surface area (Å²) in [5, 5.41) is 9.01. The highest BCUT2D eigenvalue weighted by atomic mass is 32.2. The van der Waals surface area contributed by atoms with Crippen LogP contribution in [-0.2, 0) is 0 Å². The Labute approximate surface area is 60.5 Å². The molecule has 0 aromatic heterocycles. The van der Waals surface area contributed by atoms with Crippen LogP contribution in [0.5, 0.6) is 0 Å². The predicted molar refractivity (Wildman–Crippen MR) is 37.3 cm³/mol. The molecule has 0 saturated carbocycles. The highest BCUT2D eigenvalue weighted by Crippen LogP contribution is 2.29. The Morgan fingerprint density at radius 1 is 1.50 bits per heavy atom. The molecular weight excluding hydrogens is 148 g/mol. The van der Waals surface area contributed by atoms with Crippen LogP contribution in [0, 0.1) is 0 Å². The quantitative estimate of drug-likeness (QED) is 0.535. The van der Waals surface area contributed by atoms with E-state index < -0.39 is 10.8 Å². The van der Waals surface area contributed by atoms with Crippen LogP contribution in [-0.4, -0.2) is 14.8 Å². The Kier molecular flexibility index (Phi) is 1.15. The van der Waals surface area contributed by atoms with E-state index in [1.54, 1.807) is 17.5 Å². The highest BCUT2D eigenvalue weighted by Gasteiger charge is 2.11. The summed E-state index contributed by atoms with van der Waals surface area (Å²) < 4.78 is 11.1. The van der Waals surface area contributed by atoms with E-state index in [1.165, 1.54) is 6.20 Å². The average molecular weight is 152 g/mol. The lowest BCUT2D eigenvalue weighted by Gasteiger charge is -1.94. The van der Waals surface area contributed by atoms with Gasteiger partial charge in [0.15, 0.2) is 0 Å². The second-order valence-electron chi connectivity index (χ2n) is 1.89. The summed E-state index contributed by atoms with van der Waals surface area (Å²) in [6.07, 6.45) is 1.53. The minimum Gasteiger partial charge on any atom is -0.590 e. The van der Waals surface area contributed by atoms with E-state index in [4.69, 9.17) is 0 Å². The third kappa shape index (κ3) is 0.698. The molecule has 0 amide bonds. The largest absolute Gasteiger partial charge is 0.590 e. The van der Waals surface area contributed by atoms with Crippen molar-refractivity contribution in [3.05, 3.63) is 23.7 Å². The van der Waals surface area contributed by atoms with Gasteiger partial charge in [-0.25, -0.2) is 0 Å². The van der Waals surface area contributed by atoms with E-state index in [2.05, 4.69) is 10.2 Å². The first kappa shape index (κ1) is 5.76. The van der Waals surface area contributed by atoms with Crippen LogP contribution < -0.4 is 0 Å². The fourth-order valence-corrected chi connectivity index (χ4v) is 1.64. The van der Waals surface area contributed by atoms with E-state index in [0.29, 0.717) is 4.88 Å². The molecule has 2 aliphatic heterocycles. The van der Waals surface area contributed by atoms with Crippen LogP contribution in [0.4, 0.5) is 0 Å². The van der Waals surface area contributed by atoms with Gasteiger partial charge in [0.1, 0.15) is 17.3 Å². The van der Waals surface area contributed by atoms with Crippen LogP contribution in [0.1, 0.15) is 0 Å². The van der Waals surface area contributed by atoms with E-state index in [-0.39, 0.29) is 0 Å². The molecule has 2 heterocycles. The number of aromatic nitrogens is 2. The molecular formula is C6H4N2OS. The van der Waals surface area contributed by atoms with Gasteiger partial charge in [-0.3, -0.25) is 0 Å². The van der Waals surface area contributed by atoms with Gasteiger partial charge in [-0.05, 0) is 22.9 Å². The van der Waals surface area contributed by atoms with Gasteiger partial charge in [0.25, 0.3) is 0 Å². The normalized spacial score (nSPS) is 12.3. The number of hydrogen-bond acceptors (Lipinski definition) is 3. The molecule has 1 atom stereocenters. The van der Waals surface area contributed by atoms with Crippen LogP contribution in [0.3, 0.4) is 0 Å². The second-order valence-corrected chi connectivity index (χ2v) is 3.19. The van der Waals surface area contributed by atoms with Crippen molar-refractivity contribution >= 4 is 10.8 Å². The van der Waals surface area contributed by atoms with Crippen molar-refractivity contribution in [1.29, 1.82) is 0 Å². The standard InChI is InChI=1S/C6H4N2OS/c9-10-3-1-2-5-6(10)4-7-8-5/h1-4H. The molecule has 1 unspecified atom stereocenters. The van der Waals surface area contributed by atoms with Gasteiger partial charge in [0.2, 0.25) is 4.88 Å². The molecule has 0 saturated heterocycles. The summed E-state index contributed by atoms with van der Waals surface area (Å²) in [5.41, 5.74) is 0.723. The maximum atomic E-state index is 11.1. The monoisotopic (exact) mass is 152 g/mol. The maximum Gasteiger partial charge on any atom is 0.219 e. The molecule has 0 bridgehead atoms. The zero-order chi connectivity index (χ0) is 6.97. The van der Waals surface area contributed by atoms with E-state index >= 15 is 0 Å². The molecule has 0 spiro atoms. The van der Waals surface area contributed by atoms with Crippen molar-refractivity contribution in [2.45, 2.75) is 0 Å². The second kappa shape index (κ2) is 2.00. The molecule has 0 aromatic rings. The van der Waals surface area contributed by atoms with Crippen molar-refractivity contribution in [2.24, 2.45) is 0 Å². The smallest absolute Gasteiger partial charge is 0.219 e. The number of fused-ring (bicyclic) bond motifs is 1. The van der Waals surface area contributed by atoms with Crippen molar-refractivity contribution in [2.75, 3.05) is 0 Å². The van der Waals surface area contributed by atoms with Gasteiger partial charge in [-0.15, -0.1) is 5.10 Å². The highest BCUT2D eigenvalue weighted by molar-refractivity contribution is 7.26. The Morgan fingerprint density at radius 3 is 3.20 bits per heavy atom.